The number of esters is 1. The monoisotopic (exact) mass is 285 g/mol. The Morgan fingerprint density at radius 1 is 1.32 bits per heavy atom. The highest BCUT2D eigenvalue weighted by Gasteiger charge is 2.14. The van der Waals surface area contributed by atoms with E-state index in [4.69, 9.17) is 0 Å². The Labute approximate surface area is 114 Å². The van der Waals surface area contributed by atoms with Crippen LogP contribution in [0.2, 0.25) is 0 Å². The van der Waals surface area contributed by atoms with Crippen LogP contribution in [-0.4, -0.2) is 27.5 Å². The molecule has 0 aliphatic rings. The SMILES string of the molecule is CC[C@@H](C)NS(=O)(=O)Cc1ccc(C(=O)OC)cc1. The molecule has 1 rings (SSSR count). The van der Waals surface area contributed by atoms with Gasteiger partial charge in [-0.2, -0.15) is 0 Å². The summed E-state index contributed by atoms with van der Waals surface area (Å²) in [6.07, 6.45) is 0.737. The number of rotatable bonds is 6. The molecule has 0 bridgehead atoms. The summed E-state index contributed by atoms with van der Waals surface area (Å²) >= 11 is 0. The normalized spacial score (nSPS) is 13.0. The molecule has 5 nitrogen and oxygen atoms in total. The molecule has 0 aliphatic carbocycles. The minimum atomic E-state index is -3.35. The van der Waals surface area contributed by atoms with Crippen LogP contribution >= 0.6 is 0 Å². The molecule has 0 saturated carbocycles. The number of hydrogen-bond acceptors (Lipinski definition) is 4. The highest BCUT2D eigenvalue weighted by molar-refractivity contribution is 7.88. The summed E-state index contributed by atoms with van der Waals surface area (Å²) < 4.78 is 30.8. The molecule has 0 amide bonds. The van der Waals surface area contributed by atoms with Gasteiger partial charge in [0.1, 0.15) is 0 Å². The summed E-state index contributed by atoms with van der Waals surface area (Å²) in [7, 11) is -2.05. The van der Waals surface area contributed by atoms with Crippen LogP contribution in [0.15, 0.2) is 24.3 Å². The maximum Gasteiger partial charge on any atom is 0.337 e. The van der Waals surface area contributed by atoms with Crippen molar-refractivity contribution in [3.05, 3.63) is 35.4 Å². The second kappa shape index (κ2) is 6.68. The average Bonchev–Trinajstić information content (AvgIpc) is 2.37. The lowest BCUT2D eigenvalue weighted by Gasteiger charge is -2.12. The van der Waals surface area contributed by atoms with Gasteiger partial charge in [-0.05, 0) is 31.0 Å². The van der Waals surface area contributed by atoms with Gasteiger partial charge in [0.2, 0.25) is 10.0 Å². The van der Waals surface area contributed by atoms with Crippen molar-refractivity contribution in [3.8, 4) is 0 Å². The first-order valence-electron chi connectivity index (χ1n) is 6.05. The largest absolute Gasteiger partial charge is 0.465 e. The number of carbonyl (C=O) groups excluding carboxylic acids is 1. The number of sulfonamides is 1. The van der Waals surface area contributed by atoms with Crippen LogP contribution in [0.4, 0.5) is 0 Å². The van der Waals surface area contributed by atoms with Gasteiger partial charge >= 0.3 is 5.97 Å². The third kappa shape index (κ3) is 5.00. The van der Waals surface area contributed by atoms with Crippen molar-refractivity contribution in [2.75, 3.05) is 7.11 Å². The molecule has 1 N–H and O–H groups in total. The van der Waals surface area contributed by atoms with E-state index in [1.54, 1.807) is 24.3 Å². The molecule has 0 heterocycles. The van der Waals surface area contributed by atoms with E-state index in [1.165, 1.54) is 7.11 Å². The molecule has 0 radical (unpaired) electrons. The van der Waals surface area contributed by atoms with Crippen LogP contribution in [0.1, 0.15) is 36.2 Å². The number of ether oxygens (including phenoxy) is 1. The van der Waals surface area contributed by atoms with E-state index in [0.717, 1.165) is 6.42 Å². The van der Waals surface area contributed by atoms with Crippen molar-refractivity contribution < 1.29 is 17.9 Å². The summed E-state index contributed by atoms with van der Waals surface area (Å²) in [5.41, 5.74) is 1.03. The van der Waals surface area contributed by atoms with E-state index in [2.05, 4.69) is 9.46 Å². The summed E-state index contributed by atoms with van der Waals surface area (Å²) in [6, 6.07) is 6.25. The van der Waals surface area contributed by atoms with E-state index >= 15 is 0 Å². The van der Waals surface area contributed by atoms with E-state index in [9.17, 15) is 13.2 Å². The molecule has 0 unspecified atom stereocenters. The minimum absolute atomic E-state index is 0.0839. The Morgan fingerprint density at radius 2 is 1.89 bits per heavy atom. The van der Waals surface area contributed by atoms with Crippen molar-refractivity contribution in [1.29, 1.82) is 0 Å². The number of benzene rings is 1. The summed E-state index contributed by atoms with van der Waals surface area (Å²) in [5.74, 6) is -0.536. The third-order valence-electron chi connectivity index (χ3n) is 2.72. The average molecular weight is 285 g/mol. The molecule has 0 saturated heterocycles. The molecule has 0 spiro atoms. The lowest BCUT2D eigenvalue weighted by atomic mass is 10.1. The molecule has 1 aromatic rings. The van der Waals surface area contributed by atoms with Gasteiger partial charge in [-0.25, -0.2) is 17.9 Å². The predicted molar refractivity (Wildman–Crippen MR) is 73.3 cm³/mol. The number of methoxy groups -OCH3 is 1. The van der Waals surface area contributed by atoms with E-state index in [1.807, 2.05) is 13.8 Å². The molecule has 106 valence electrons. The first-order valence-corrected chi connectivity index (χ1v) is 7.70. The Bertz CT molecular complexity index is 522. The van der Waals surface area contributed by atoms with Crippen molar-refractivity contribution in [3.63, 3.8) is 0 Å². The van der Waals surface area contributed by atoms with Crippen molar-refractivity contribution in [2.24, 2.45) is 0 Å². The van der Waals surface area contributed by atoms with Crippen molar-refractivity contribution in [1.82, 2.24) is 4.72 Å². The predicted octanol–water partition coefficient (Wildman–Crippen LogP) is 1.69. The molecule has 1 atom stereocenters. The third-order valence-corrected chi connectivity index (χ3v) is 4.20. The minimum Gasteiger partial charge on any atom is -0.465 e. The molecular weight excluding hydrogens is 266 g/mol. The summed E-state index contributed by atoms with van der Waals surface area (Å²) in [5, 5.41) is 0. The topological polar surface area (TPSA) is 72.5 Å². The number of nitrogens with one attached hydrogen (secondary N) is 1. The number of carbonyl (C=O) groups is 1. The van der Waals surface area contributed by atoms with Crippen LogP contribution in [0.5, 0.6) is 0 Å². The van der Waals surface area contributed by atoms with Gasteiger partial charge in [0.15, 0.2) is 0 Å². The van der Waals surface area contributed by atoms with Gasteiger partial charge in [-0.1, -0.05) is 19.1 Å². The molecule has 0 aliphatic heterocycles. The molecule has 1 aromatic carbocycles. The lowest BCUT2D eigenvalue weighted by molar-refractivity contribution is 0.0600. The maximum atomic E-state index is 11.8. The van der Waals surface area contributed by atoms with Gasteiger partial charge in [-0.15, -0.1) is 0 Å². The summed E-state index contributed by atoms with van der Waals surface area (Å²) in [4.78, 5) is 11.2. The first-order chi connectivity index (χ1) is 8.88. The van der Waals surface area contributed by atoms with Crippen LogP contribution in [-0.2, 0) is 20.5 Å². The van der Waals surface area contributed by atoms with Crippen LogP contribution < -0.4 is 4.72 Å². The first kappa shape index (κ1) is 15.7. The van der Waals surface area contributed by atoms with E-state index in [0.29, 0.717) is 11.1 Å². The second-order valence-electron chi connectivity index (χ2n) is 4.37. The highest BCUT2D eigenvalue weighted by Crippen LogP contribution is 2.09. The van der Waals surface area contributed by atoms with Crippen LogP contribution in [0, 0.1) is 0 Å². The Morgan fingerprint density at radius 3 is 2.37 bits per heavy atom. The van der Waals surface area contributed by atoms with Gasteiger partial charge in [-0.3, -0.25) is 0 Å². The zero-order chi connectivity index (χ0) is 14.5. The van der Waals surface area contributed by atoms with Crippen molar-refractivity contribution in [2.45, 2.75) is 32.1 Å². The van der Waals surface area contributed by atoms with E-state index in [-0.39, 0.29) is 11.8 Å². The maximum absolute atomic E-state index is 11.8. The zero-order valence-corrected chi connectivity index (χ0v) is 12.2. The van der Waals surface area contributed by atoms with Gasteiger partial charge in [0.25, 0.3) is 0 Å². The smallest absolute Gasteiger partial charge is 0.337 e. The van der Waals surface area contributed by atoms with Gasteiger partial charge in [0.05, 0.1) is 18.4 Å². The zero-order valence-electron chi connectivity index (χ0n) is 11.3. The van der Waals surface area contributed by atoms with Gasteiger partial charge in [0, 0.05) is 6.04 Å². The van der Waals surface area contributed by atoms with Crippen LogP contribution in [0.25, 0.3) is 0 Å². The highest BCUT2D eigenvalue weighted by atomic mass is 32.2. The molecule has 0 aromatic heterocycles. The fraction of sp³-hybridized carbons (Fsp3) is 0.462. The summed E-state index contributed by atoms with van der Waals surface area (Å²) in [6.45, 7) is 3.73. The fourth-order valence-corrected chi connectivity index (χ4v) is 3.00. The quantitative estimate of drug-likeness (QED) is 0.807. The molecule has 19 heavy (non-hydrogen) atoms. The second-order valence-corrected chi connectivity index (χ2v) is 6.13. The van der Waals surface area contributed by atoms with Gasteiger partial charge < -0.3 is 4.74 Å². The Kier molecular flexibility index (Phi) is 5.50. The molecule has 6 heteroatoms. The fourth-order valence-electron chi connectivity index (χ4n) is 1.51. The number of hydrogen-bond donors (Lipinski definition) is 1. The van der Waals surface area contributed by atoms with E-state index < -0.39 is 16.0 Å². The van der Waals surface area contributed by atoms with Crippen LogP contribution in [0.3, 0.4) is 0 Å². The molecule has 0 fully saturated rings. The lowest BCUT2D eigenvalue weighted by Crippen LogP contribution is -2.32. The van der Waals surface area contributed by atoms with Crippen molar-refractivity contribution >= 4 is 16.0 Å². The molecular formula is C13H19NO4S. The Balaban J connectivity index is 2.75. The standard InChI is InChI=1S/C13H19NO4S/c1-4-10(2)14-19(16,17)9-11-5-7-12(8-6-11)13(15)18-3/h5-8,10,14H,4,9H2,1-3H3/t10-/m1/s1. The Hall–Kier alpha value is -1.40.